The Kier molecular flexibility index (Phi) is 8.56. The van der Waals surface area contributed by atoms with E-state index in [0.717, 1.165) is 45.8 Å². The minimum atomic E-state index is -4.79. The van der Waals surface area contributed by atoms with Crippen molar-refractivity contribution in [3.8, 4) is 34.9 Å². The lowest BCUT2D eigenvalue weighted by molar-refractivity contribution is -0.138. The van der Waals surface area contributed by atoms with Crippen LogP contribution in [0.5, 0.6) is 0 Å². The van der Waals surface area contributed by atoms with Gasteiger partial charge in [0.2, 0.25) is 0 Å². The first-order valence-corrected chi connectivity index (χ1v) is 22.2. The van der Waals surface area contributed by atoms with Crippen LogP contribution in [0.15, 0.2) is 182 Å². The van der Waals surface area contributed by atoms with Crippen molar-refractivity contribution in [2.75, 3.05) is 0 Å². The average Bonchev–Trinajstić information content (AvgIpc) is 4.09. The van der Waals surface area contributed by atoms with E-state index >= 15 is 0 Å². The third-order valence-electron chi connectivity index (χ3n) is 13.7. The number of para-hydroxylation sites is 6. The molecule has 4 aromatic heterocycles. The standard InChI is InChI=1S/C58H30F6N6/c59-57(60,61)33-25-27-41-39-17-5-11-23-49(39)69(51(41)29-33)55-43(31-65)53(67-45-19-7-1-13-35(45)36-14-2-8-20-46(36)67)54(68-47-21-9-3-15-37(47)38-16-4-10-22-48(38)68)44(32-66)56(55)70-50-24-12-6-18-40(50)42-28-26-34(30-52(42)70)58(62,63)64/h1-30H. The molecule has 4 heterocycles. The van der Waals surface area contributed by atoms with Crippen LogP contribution in [-0.4, -0.2) is 18.3 Å². The highest BCUT2D eigenvalue weighted by Gasteiger charge is 2.37. The summed E-state index contributed by atoms with van der Waals surface area (Å²) in [5.74, 6) is 0. The van der Waals surface area contributed by atoms with Crippen molar-refractivity contribution in [1.29, 1.82) is 10.5 Å². The fraction of sp³-hybridized carbons (Fsp3) is 0.0345. The van der Waals surface area contributed by atoms with E-state index in [2.05, 4.69) is 12.1 Å². The molecule has 9 aromatic carbocycles. The molecule has 13 rings (SSSR count). The maximum atomic E-state index is 15.0. The zero-order valence-electron chi connectivity index (χ0n) is 36.3. The molecule has 0 atom stereocenters. The highest BCUT2D eigenvalue weighted by Crippen LogP contribution is 2.49. The molecular weight excluding hydrogens is 895 g/mol. The van der Waals surface area contributed by atoms with Crippen LogP contribution in [0.2, 0.25) is 0 Å². The van der Waals surface area contributed by atoms with Gasteiger partial charge in [-0.2, -0.15) is 36.9 Å². The van der Waals surface area contributed by atoms with Crippen molar-refractivity contribution in [2.45, 2.75) is 12.4 Å². The third-order valence-corrected chi connectivity index (χ3v) is 13.7. The van der Waals surface area contributed by atoms with Gasteiger partial charge < -0.3 is 18.3 Å². The Morgan fingerprint density at radius 2 is 0.500 bits per heavy atom. The molecule has 334 valence electrons. The summed E-state index contributed by atoms with van der Waals surface area (Å²) in [7, 11) is 0. The molecule has 0 spiro atoms. The normalized spacial score (nSPS) is 12.4. The SMILES string of the molecule is N#Cc1c(-n2c3ccccc3c3ccccc32)c(-n2c3ccccc3c3ccccc32)c(C#N)c(-n2c3ccccc3c3ccc(C(F)(F)F)cc32)c1-n1c2ccccc2c2ccc(C(F)(F)F)cc21. The van der Waals surface area contributed by atoms with E-state index in [4.69, 9.17) is 0 Å². The number of nitrogens with zero attached hydrogens (tertiary/aromatic N) is 6. The second-order valence-electron chi connectivity index (χ2n) is 17.3. The molecule has 13 aromatic rings. The number of benzene rings is 9. The van der Waals surface area contributed by atoms with Gasteiger partial charge in [-0.05, 0) is 60.7 Å². The number of nitriles is 2. The molecular formula is C58H30F6N6. The second kappa shape index (κ2) is 14.6. The predicted molar refractivity (Wildman–Crippen MR) is 263 cm³/mol. The summed E-state index contributed by atoms with van der Waals surface area (Å²) in [5.41, 5.74) is 1.99. The first kappa shape index (κ1) is 41.0. The zero-order valence-corrected chi connectivity index (χ0v) is 36.3. The van der Waals surface area contributed by atoms with Crippen LogP contribution < -0.4 is 0 Å². The van der Waals surface area contributed by atoms with Gasteiger partial charge in [0.05, 0.1) is 78.0 Å². The molecule has 0 radical (unpaired) electrons. The van der Waals surface area contributed by atoms with Gasteiger partial charge in [0.15, 0.2) is 0 Å². The molecule has 0 saturated heterocycles. The van der Waals surface area contributed by atoms with Gasteiger partial charge in [-0.15, -0.1) is 0 Å². The number of rotatable bonds is 4. The van der Waals surface area contributed by atoms with Gasteiger partial charge in [-0.1, -0.05) is 121 Å². The Bertz CT molecular complexity index is 4100. The van der Waals surface area contributed by atoms with E-state index in [1.165, 1.54) is 12.1 Å². The van der Waals surface area contributed by atoms with Crippen molar-refractivity contribution < 1.29 is 26.3 Å². The van der Waals surface area contributed by atoms with Gasteiger partial charge in [-0.3, -0.25) is 0 Å². The van der Waals surface area contributed by atoms with Crippen molar-refractivity contribution in [2.24, 2.45) is 0 Å². The lowest BCUT2D eigenvalue weighted by atomic mass is 9.98. The first-order valence-electron chi connectivity index (χ1n) is 22.2. The van der Waals surface area contributed by atoms with Gasteiger partial charge in [0.25, 0.3) is 0 Å². The Labute approximate surface area is 392 Å². The molecule has 0 amide bonds. The van der Waals surface area contributed by atoms with E-state index in [9.17, 15) is 36.9 Å². The maximum Gasteiger partial charge on any atom is 0.416 e. The monoisotopic (exact) mass is 924 g/mol. The summed E-state index contributed by atoms with van der Waals surface area (Å²) in [5, 5.41) is 29.8. The fourth-order valence-corrected chi connectivity index (χ4v) is 10.9. The van der Waals surface area contributed by atoms with E-state index < -0.39 is 23.5 Å². The van der Waals surface area contributed by atoms with Crippen molar-refractivity contribution in [1.82, 2.24) is 18.3 Å². The highest BCUT2D eigenvalue weighted by molar-refractivity contribution is 6.16. The number of hydrogen-bond donors (Lipinski definition) is 0. The summed E-state index contributed by atoms with van der Waals surface area (Å²) < 4.78 is 96.8. The molecule has 0 bridgehead atoms. The molecule has 0 N–H and O–H groups in total. The molecule has 0 fully saturated rings. The fourth-order valence-electron chi connectivity index (χ4n) is 10.9. The average molecular weight is 925 g/mol. The first-order chi connectivity index (χ1) is 34.0. The summed E-state index contributed by atoms with van der Waals surface area (Å²) in [6, 6.07) is 56.5. The van der Waals surface area contributed by atoms with Crippen molar-refractivity contribution in [3.63, 3.8) is 0 Å². The highest BCUT2D eigenvalue weighted by atomic mass is 19.4. The molecule has 0 saturated carbocycles. The van der Waals surface area contributed by atoms with Gasteiger partial charge in [0.1, 0.15) is 23.3 Å². The van der Waals surface area contributed by atoms with Crippen LogP contribution in [0.4, 0.5) is 26.3 Å². The lowest BCUT2D eigenvalue weighted by Crippen LogP contribution is -2.17. The number of hydrogen-bond acceptors (Lipinski definition) is 2. The van der Waals surface area contributed by atoms with Crippen LogP contribution in [0.1, 0.15) is 22.3 Å². The summed E-state index contributed by atoms with van der Waals surface area (Å²) in [4.78, 5) is 0. The van der Waals surface area contributed by atoms with Crippen molar-refractivity contribution >= 4 is 87.2 Å². The van der Waals surface area contributed by atoms with Crippen LogP contribution >= 0.6 is 0 Å². The summed E-state index contributed by atoms with van der Waals surface area (Å²) >= 11 is 0. The van der Waals surface area contributed by atoms with Gasteiger partial charge in [0, 0.05) is 43.1 Å². The van der Waals surface area contributed by atoms with E-state index in [-0.39, 0.29) is 44.9 Å². The van der Waals surface area contributed by atoms with Crippen molar-refractivity contribution in [3.05, 3.63) is 204 Å². The van der Waals surface area contributed by atoms with E-state index in [1.807, 2.05) is 106 Å². The largest absolute Gasteiger partial charge is 0.416 e. The molecule has 6 nitrogen and oxygen atoms in total. The van der Waals surface area contributed by atoms with Gasteiger partial charge in [-0.25, -0.2) is 0 Å². The summed E-state index contributed by atoms with van der Waals surface area (Å²) in [6.45, 7) is 0. The number of alkyl halides is 6. The number of aromatic nitrogens is 4. The minimum Gasteiger partial charge on any atom is -0.306 e. The molecule has 12 heteroatoms. The maximum absolute atomic E-state index is 15.0. The molecule has 0 aliphatic heterocycles. The van der Waals surface area contributed by atoms with Crippen LogP contribution in [0, 0.1) is 22.7 Å². The third kappa shape index (κ3) is 5.62. The molecule has 0 aliphatic carbocycles. The van der Waals surface area contributed by atoms with E-state index in [0.29, 0.717) is 54.6 Å². The topological polar surface area (TPSA) is 67.3 Å². The molecule has 0 unspecified atom stereocenters. The Hall–Kier alpha value is -9.26. The van der Waals surface area contributed by atoms with Crippen LogP contribution in [-0.2, 0) is 12.4 Å². The minimum absolute atomic E-state index is 0.00832. The van der Waals surface area contributed by atoms with Crippen LogP contribution in [0.25, 0.3) is 110 Å². The van der Waals surface area contributed by atoms with E-state index in [1.54, 1.807) is 57.7 Å². The smallest absolute Gasteiger partial charge is 0.306 e. The summed E-state index contributed by atoms with van der Waals surface area (Å²) in [6.07, 6.45) is -9.58. The Morgan fingerprint density at radius 1 is 0.286 bits per heavy atom. The van der Waals surface area contributed by atoms with Crippen LogP contribution in [0.3, 0.4) is 0 Å². The zero-order chi connectivity index (χ0) is 47.8. The number of halogens is 6. The van der Waals surface area contributed by atoms with Gasteiger partial charge >= 0.3 is 12.4 Å². The molecule has 0 aliphatic rings. The second-order valence-corrected chi connectivity index (χ2v) is 17.3. The Balaban J connectivity index is 1.38. The number of fused-ring (bicyclic) bond motifs is 12. The lowest BCUT2D eigenvalue weighted by Gasteiger charge is -2.27. The Morgan fingerprint density at radius 3 is 0.729 bits per heavy atom. The molecule has 70 heavy (non-hydrogen) atoms. The predicted octanol–water partition coefficient (Wildman–Crippen LogP) is 15.9. The quantitative estimate of drug-likeness (QED) is 0.165.